The van der Waals surface area contributed by atoms with Crippen molar-refractivity contribution in [3.8, 4) is 0 Å². The van der Waals surface area contributed by atoms with E-state index in [1.807, 2.05) is 36.4 Å². The molecule has 2 aromatic heterocycles. The van der Waals surface area contributed by atoms with Crippen LogP contribution in [0.25, 0.3) is 0 Å². The largest absolute Gasteiger partial charge is 0.379 e. The molecule has 3 rings (SSSR count). The van der Waals surface area contributed by atoms with E-state index < -0.39 is 0 Å². The molecule has 0 unspecified atom stereocenters. The smallest absolute Gasteiger partial charge is 0.220 e. The van der Waals surface area contributed by atoms with E-state index in [-0.39, 0.29) is 18.1 Å². The Bertz CT molecular complexity index is 651. The van der Waals surface area contributed by atoms with Crippen molar-refractivity contribution in [3.05, 3.63) is 60.2 Å². The van der Waals surface area contributed by atoms with Gasteiger partial charge >= 0.3 is 0 Å². The second-order valence-electron chi connectivity index (χ2n) is 6.03. The summed E-state index contributed by atoms with van der Waals surface area (Å²) in [5, 5.41) is 3.04. The first-order valence-electron chi connectivity index (χ1n) is 8.60. The van der Waals surface area contributed by atoms with Crippen LogP contribution in [0.2, 0.25) is 0 Å². The first-order valence-corrected chi connectivity index (χ1v) is 8.60. The Morgan fingerprint density at radius 1 is 1.16 bits per heavy atom. The lowest BCUT2D eigenvalue weighted by atomic mass is 10.1. The van der Waals surface area contributed by atoms with E-state index >= 15 is 0 Å². The number of amides is 1. The Labute approximate surface area is 147 Å². The molecular weight excluding hydrogens is 318 g/mol. The van der Waals surface area contributed by atoms with E-state index in [1.54, 1.807) is 12.4 Å². The predicted molar refractivity (Wildman–Crippen MR) is 92.7 cm³/mol. The Morgan fingerprint density at radius 2 is 1.92 bits per heavy atom. The molecule has 0 aromatic carbocycles. The molecule has 1 aliphatic heterocycles. The minimum absolute atomic E-state index is 0.00686. The van der Waals surface area contributed by atoms with Gasteiger partial charge < -0.3 is 14.8 Å². The quantitative estimate of drug-likeness (QED) is 0.833. The minimum atomic E-state index is -0.131. The maximum atomic E-state index is 12.2. The number of ether oxygens (including phenoxy) is 2. The summed E-state index contributed by atoms with van der Waals surface area (Å²) in [4.78, 5) is 20.7. The van der Waals surface area contributed by atoms with E-state index in [9.17, 15) is 4.79 Å². The molecule has 2 atom stereocenters. The fraction of sp³-hybridized carbons (Fsp3) is 0.421. The molecule has 1 amide bonds. The SMILES string of the molecule is O=C(CCc1ccccn1)N[C@@H]1COCC[C@H]1OCc1ccccn1. The third kappa shape index (κ3) is 5.62. The predicted octanol–water partition coefficient (Wildman–Crippen LogP) is 1.90. The summed E-state index contributed by atoms with van der Waals surface area (Å²) < 4.78 is 11.5. The van der Waals surface area contributed by atoms with Crippen LogP contribution in [-0.4, -0.2) is 41.2 Å². The van der Waals surface area contributed by atoms with Crippen LogP contribution in [0, 0.1) is 0 Å². The number of rotatable bonds is 7. The molecule has 0 saturated carbocycles. The van der Waals surface area contributed by atoms with Crippen LogP contribution in [-0.2, 0) is 27.3 Å². The first-order chi connectivity index (χ1) is 12.3. The van der Waals surface area contributed by atoms with Gasteiger partial charge in [-0.05, 0) is 37.1 Å². The topological polar surface area (TPSA) is 73.3 Å². The molecule has 0 bridgehead atoms. The molecule has 1 fully saturated rings. The highest BCUT2D eigenvalue weighted by molar-refractivity contribution is 5.76. The molecule has 6 heteroatoms. The lowest BCUT2D eigenvalue weighted by Gasteiger charge is -2.32. The van der Waals surface area contributed by atoms with Gasteiger partial charge in [-0.25, -0.2) is 0 Å². The molecular formula is C19H23N3O3. The Hall–Kier alpha value is -2.31. The Balaban J connectivity index is 1.47. The van der Waals surface area contributed by atoms with Gasteiger partial charge in [0, 0.05) is 31.1 Å². The highest BCUT2D eigenvalue weighted by Crippen LogP contribution is 2.14. The van der Waals surface area contributed by atoms with Crippen molar-refractivity contribution in [1.29, 1.82) is 0 Å². The van der Waals surface area contributed by atoms with Crippen molar-refractivity contribution in [3.63, 3.8) is 0 Å². The van der Waals surface area contributed by atoms with Gasteiger partial charge in [0.2, 0.25) is 5.91 Å². The molecule has 0 aliphatic carbocycles. The van der Waals surface area contributed by atoms with Gasteiger partial charge in [0.1, 0.15) is 0 Å². The number of nitrogens with zero attached hydrogens (tertiary/aromatic N) is 2. The summed E-state index contributed by atoms with van der Waals surface area (Å²) in [5.41, 5.74) is 1.80. The third-order valence-corrected chi connectivity index (χ3v) is 4.15. The minimum Gasteiger partial charge on any atom is -0.379 e. The third-order valence-electron chi connectivity index (χ3n) is 4.15. The standard InChI is InChI=1S/C19H23N3O3/c23-19(8-7-15-5-1-3-10-20-15)22-17-14-24-12-9-18(17)25-13-16-6-2-4-11-21-16/h1-6,10-11,17-18H,7-9,12-14H2,(H,22,23)/t17-,18-/m1/s1. The van der Waals surface area contributed by atoms with Gasteiger partial charge in [-0.15, -0.1) is 0 Å². The van der Waals surface area contributed by atoms with Crippen LogP contribution in [0.1, 0.15) is 24.2 Å². The summed E-state index contributed by atoms with van der Waals surface area (Å²) in [6.45, 7) is 1.56. The molecule has 0 radical (unpaired) electrons. The van der Waals surface area contributed by atoms with Crippen LogP contribution in [0.5, 0.6) is 0 Å². The zero-order valence-electron chi connectivity index (χ0n) is 14.1. The van der Waals surface area contributed by atoms with Crippen LogP contribution in [0.4, 0.5) is 0 Å². The number of hydrogen-bond acceptors (Lipinski definition) is 5. The second-order valence-corrected chi connectivity index (χ2v) is 6.03. The van der Waals surface area contributed by atoms with Crippen molar-refractivity contribution < 1.29 is 14.3 Å². The van der Waals surface area contributed by atoms with Crippen molar-refractivity contribution in [1.82, 2.24) is 15.3 Å². The van der Waals surface area contributed by atoms with Crippen LogP contribution in [0.15, 0.2) is 48.8 Å². The number of hydrogen-bond donors (Lipinski definition) is 1. The van der Waals surface area contributed by atoms with E-state index in [4.69, 9.17) is 9.47 Å². The molecule has 6 nitrogen and oxygen atoms in total. The molecule has 2 aromatic rings. The van der Waals surface area contributed by atoms with Crippen molar-refractivity contribution in [2.45, 2.75) is 38.0 Å². The maximum absolute atomic E-state index is 12.2. The van der Waals surface area contributed by atoms with Crippen molar-refractivity contribution in [2.75, 3.05) is 13.2 Å². The number of nitrogens with one attached hydrogen (secondary N) is 1. The zero-order valence-corrected chi connectivity index (χ0v) is 14.1. The first kappa shape index (κ1) is 17.5. The van der Waals surface area contributed by atoms with E-state index in [1.165, 1.54) is 0 Å². The van der Waals surface area contributed by atoms with Gasteiger partial charge in [-0.2, -0.15) is 0 Å². The highest BCUT2D eigenvalue weighted by atomic mass is 16.5. The molecule has 3 heterocycles. The lowest BCUT2D eigenvalue weighted by molar-refractivity contribution is -0.126. The second kappa shape index (κ2) is 9.25. The Kier molecular flexibility index (Phi) is 6.48. The maximum Gasteiger partial charge on any atom is 0.220 e. The fourth-order valence-corrected chi connectivity index (χ4v) is 2.79. The van der Waals surface area contributed by atoms with Crippen LogP contribution >= 0.6 is 0 Å². The molecule has 1 N–H and O–H groups in total. The number of pyridine rings is 2. The van der Waals surface area contributed by atoms with Gasteiger partial charge in [-0.3, -0.25) is 14.8 Å². The van der Waals surface area contributed by atoms with Crippen LogP contribution in [0.3, 0.4) is 0 Å². The molecule has 0 spiro atoms. The monoisotopic (exact) mass is 341 g/mol. The van der Waals surface area contributed by atoms with Gasteiger partial charge in [0.15, 0.2) is 0 Å². The summed E-state index contributed by atoms with van der Waals surface area (Å²) in [5.74, 6) is -0.00686. The van der Waals surface area contributed by atoms with Crippen LogP contribution < -0.4 is 5.32 Å². The number of aromatic nitrogens is 2. The van der Waals surface area contributed by atoms with Crippen molar-refractivity contribution >= 4 is 5.91 Å². The van der Waals surface area contributed by atoms with Gasteiger partial charge in [0.25, 0.3) is 0 Å². The highest BCUT2D eigenvalue weighted by Gasteiger charge is 2.28. The molecule has 1 aliphatic rings. The molecule has 1 saturated heterocycles. The average molecular weight is 341 g/mol. The zero-order chi connectivity index (χ0) is 17.3. The van der Waals surface area contributed by atoms with Gasteiger partial charge in [0.05, 0.1) is 31.1 Å². The summed E-state index contributed by atoms with van der Waals surface area (Å²) >= 11 is 0. The normalized spacial score (nSPS) is 20.2. The van der Waals surface area contributed by atoms with E-state index in [2.05, 4.69) is 15.3 Å². The van der Waals surface area contributed by atoms with E-state index in [0.29, 0.717) is 32.7 Å². The summed E-state index contributed by atoms with van der Waals surface area (Å²) in [6, 6.07) is 11.3. The van der Waals surface area contributed by atoms with Gasteiger partial charge in [-0.1, -0.05) is 12.1 Å². The molecule has 25 heavy (non-hydrogen) atoms. The number of aryl methyl sites for hydroxylation is 1. The summed E-state index contributed by atoms with van der Waals surface area (Å²) in [7, 11) is 0. The number of carbonyl (C=O) groups excluding carboxylic acids is 1. The Morgan fingerprint density at radius 3 is 2.64 bits per heavy atom. The van der Waals surface area contributed by atoms with Crippen molar-refractivity contribution in [2.24, 2.45) is 0 Å². The number of carbonyl (C=O) groups is 1. The van der Waals surface area contributed by atoms with E-state index in [0.717, 1.165) is 17.8 Å². The lowest BCUT2D eigenvalue weighted by Crippen LogP contribution is -2.50. The average Bonchev–Trinajstić information content (AvgIpc) is 2.67. The summed E-state index contributed by atoms with van der Waals surface area (Å²) in [6.07, 6.45) is 5.22. The fourth-order valence-electron chi connectivity index (χ4n) is 2.79. The molecule has 132 valence electrons.